The summed E-state index contributed by atoms with van der Waals surface area (Å²) in [7, 11) is 2.76. The van der Waals surface area contributed by atoms with E-state index < -0.39 is 12.6 Å². The van der Waals surface area contributed by atoms with E-state index in [0.717, 1.165) is 5.56 Å². The molecule has 2 N–H and O–H groups in total. The van der Waals surface area contributed by atoms with Gasteiger partial charge in [-0.3, -0.25) is 0 Å². The van der Waals surface area contributed by atoms with E-state index in [0.29, 0.717) is 28.7 Å². The zero-order valence-electron chi connectivity index (χ0n) is 14.6. The lowest BCUT2D eigenvalue weighted by atomic mass is 10.1. The number of nitrogens with one attached hydrogen (secondary N) is 2. The van der Waals surface area contributed by atoms with Gasteiger partial charge in [0.05, 0.1) is 14.2 Å². The van der Waals surface area contributed by atoms with E-state index in [1.54, 1.807) is 30.3 Å². The van der Waals surface area contributed by atoms with Crippen LogP contribution in [0.3, 0.4) is 0 Å². The largest absolute Gasteiger partial charge is 0.496 e. The lowest BCUT2D eigenvalue weighted by Gasteiger charge is -2.13. The second-order valence-corrected chi connectivity index (χ2v) is 5.65. The number of hydrogen-bond donors (Lipinski definition) is 2. The lowest BCUT2D eigenvalue weighted by molar-refractivity contribution is -0.0498. The quantitative estimate of drug-likeness (QED) is 0.548. The van der Waals surface area contributed by atoms with E-state index in [1.165, 1.54) is 26.4 Å². The molecule has 0 bridgehead atoms. The Labute approximate surface area is 160 Å². The molecule has 27 heavy (non-hydrogen) atoms. The van der Waals surface area contributed by atoms with Crippen molar-refractivity contribution >= 4 is 29.0 Å². The van der Waals surface area contributed by atoms with Gasteiger partial charge in [-0.05, 0) is 54.2 Å². The van der Waals surface area contributed by atoms with Crippen LogP contribution in [0, 0.1) is 0 Å². The predicted octanol–water partition coefficient (Wildman–Crippen LogP) is 3.57. The molecule has 2 aromatic carbocycles. The van der Waals surface area contributed by atoms with Gasteiger partial charge in [0, 0.05) is 12.2 Å². The summed E-state index contributed by atoms with van der Waals surface area (Å²) in [6, 6.07) is 11.0. The zero-order chi connectivity index (χ0) is 19.8. The highest BCUT2D eigenvalue weighted by molar-refractivity contribution is 7.80. The summed E-state index contributed by atoms with van der Waals surface area (Å²) in [4.78, 5) is 11.8. The maximum Gasteiger partial charge on any atom is 0.387 e. The Bertz CT molecular complexity index is 800. The molecule has 0 aliphatic heterocycles. The van der Waals surface area contributed by atoms with Crippen LogP contribution in [0.4, 0.5) is 14.5 Å². The Morgan fingerprint density at radius 3 is 2.44 bits per heavy atom. The summed E-state index contributed by atoms with van der Waals surface area (Å²) in [6.45, 7) is -2.52. The average Bonchev–Trinajstić information content (AvgIpc) is 2.66. The fourth-order valence-electron chi connectivity index (χ4n) is 2.21. The van der Waals surface area contributed by atoms with Gasteiger partial charge in [-0.15, -0.1) is 0 Å². The van der Waals surface area contributed by atoms with Crippen molar-refractivity contribution in [3.63, 3.8) is 0 Å². The number of esters is 1. The summed E-state index contributed by atoms with van der Waals surface area (Å²) in [5.41, 5.74) is 1.72. The summed E-state index contributed by atoms with van der Waals surface area (Å²) in [5.74, 6) is -0.0269. The molecule has 0 aromatic heterocycles. The van der Waals surface area contributed by atoms with Crippen LogP contribution in [0.5, 0.6) is 11.5 Å². The van der Waals surface area contributed by atoms with Crippen molar-refractivity contribution in [2.24, 2.45) is 0 Å². The zero-order valence-corrected chi connectivity index (χ0v) is 15.4. The molecule has 0 aliphatic rings. The van der Waals surface area contributed by atoms with Crippen LogP contribution < -0.4 is 20.1 Å². The Kier molecular flexibility index (Phi) is 7.30. The van der Waals surface area contributed by atoms with Crippen LogP contribution in [0.2, 0.25) is 0 Å². The van der Waals surface area contributed by atoms with Crippen LogP contribution >= 0.6 is 12.2 Å². The Morgan fingerprint density at radius 1 is 1.15 bits per heavy atom. The third-order valence-corrected chi connectivity index (χ3v) is 3.71. The van der Waals surface area contributed by atoms with Gasteiger partial charge in [0.15, 0.2) is 5.11 Å². The number of hydrogen-bond acceptors (Lipinski definition) is 5. The third kappa shape index (κ3) is 6.07. The molecular weight excluding hydrogens is 378 g/mol. The van der Waals surface area contributed by atoms with Crippen molar-refractivity contribution in [2.75, 3.05) is 19.5 Å². The molecule has 0 saturated carbocycles. The van der Waals surface area contributed by atoms with Gasteiger partial charge in [0.1, 0.15) is 17.1 Å². The maximum absolute atomic E-state index is 12.1. The van der Waals surface area contributed by atoms with Gasteiger partial charge in [0.2, 0.25) is 0 Å². The minimum Gasteiger partial charge on any atom is -0.496 e. The van der Waals surface area contributed by atoms with Crippen LogP contribution in [0.1, 0.15) is 15.9 Å². The first kappa shape index (κ1) is 20.4. The number of halogens is 2. The first-order valence-electron chi connectivity index (χ1n) is 7.78. The van der Waals surface area contributed by atoms with E-state index in [9.17, 15) is 13.6 Å². The summed E-state index contributed by atoms with van der Waals surface area (Å²) in [6.07, 6.45) is 0. The predicted molar refractivity (Wildman–Crippen MR) is 100 cm³/mol. The Hall–Kier alpha value is -2.94. The molecule has 0 unspecified atom stereocenters. The van der Waals surface area contributed by atoms with Crippen LogP contribution in [0.25, 0.3) is 0 Å². The Balaban J connectivity index is 1.94. The second-order valence-electron chi connectivity index (χ2n) is 5.24. The smallest absolute Gasteiger partial charge is 0.387 e. The van der Waals surface area contributed by atoms with Crippen molar-refractivity contribution in [1.29, 1.82) is 0 Å². The fourth-order valence-corrected chi connectivity index (χ4v) is 2.40. The SMILES string of the molecule is COC(=O)c1cc(CNC(=S)Nc2ccc(OC(F)F)cc2)ccc1OC. The summed E-state index contributed by atoms with van der Waals surface area (Å²) in [5, 5.41) is 6.24. The summed E-state index contributed by atoms with van der Waals surface area (Å²) >= 11 is 5.20. The molecule has 2 aromatic rings. The van der Waals surface area contributed by atoms with Gasteiger partial charge in [-0.1, -0.05) is 6.07 Å². The molecule has 0 amide bonds. The molecule has 0 spiro atoms. The van der Waals surface area contributed by atoms with Gasteiger partial charge >= 0.3 is 12.6 Å². The van der Waals surface area contributed by atoms with Crippen molar-refractivity contribution in [2.45, 2.75) is 13.2 Å². The number of thiocarbonyl (C=S) groups is 1. The van der Waals surface area contributed by atoms with Crippen molar-refractivity contribution < 1.29 is 27.8 Å². The highest BCUT2D eigenvalue weighted by Crippen LogP contribution is 2.21. The molecule has 0 saturated heterocycles. The third-order valence-electron chi connectivity index (χ3n) is 3.46. The molecular formula is C18H18F2N2O4S. The number of rotatable bonds is 7. The normalized spacial score (nSPS) is 10.3. The number of ether oxygens (including phenoxy) is 3. The van der Waals surface area contributed by atoms with Crippen molar-refractivity contribution in [3.05, 3.63) is 53.6 Å². The van der Waals surface area contributed by atoms with Gasteiger partial charge in [-0.2, -0.15) is 8.78 Å². The lowest BCUT2D eigenvalue weighted by Crippen LogP contribution is -2.28. The average molecular weight is 396 g/mol. The maximum atomic E-state index is 12.1. The topological polar surface area (TPSA) is 68.8 Å². The van der Waals surface area contributed by atoms with Gasteiger partial charge in [-0.25, -0.2) is 4.79 Å². The number of methoxy groups -OCH3 is 2. The molecule has 0 radical (unpaired) electrons. The number of benzene rings is 2. The van der Waals surface area contributed by atoms with E-state index in [2.05, 4.69) is 15.4 Å². The number of carbonyl (C=O) groups excluding carboxylic acids is 1. The number of anilines is 1. The van der Waals surface area contributed by atoms with Crippen molar-refractivity contribution in [3.8, 4) is 11.5 Å². The van der Waals surface area contributed by atoms with Crippen LogP contribution in [0.15, 0.2) is 42.5 Å². The molecule has 144 valence electrons. The molecule has 0 fully saturated rings. The van der Waals surface area contributed by atoms with Gasteiger partial charge in [0.25, 0.3) is 0 Å². The van der Waals surface area contributed by atoms with Crippen LogP contribution in [-0.4, -0.2) is 31.9 Å². The van der Waals surface area contributed by atoms with E-state index in [4.69, 9.17) is 21.7 Å². The second kappa shape index (κ2) is 9.67. The monoisotopic (exact) mass is 396 g/mol. The van der Waals surface area contributed by atoms with E-state index >= 15 is 0 Å². The minimum atomic E-state index is -2.87. The van der Waals surface area contributed by atoms with Gasteiger partial charge < -0.3 is 24.8 Å². The fraction of sp³-hybridized carbons (Fsp3) is 0.222. The minimum absolute atomic E-state index is 0.0583. The standard InChI is InChI=1S/C18H18F2N2O4S/c1-24-15-8-3-11(9-14(15)16(23)25-2)10-21-18(27)22-12-4-6-13(7-5-12)26-17(19)20/h3-9,17H,10H2,1-2H3,(H2,21,22,27). The molecule has 0 atom stereocenters. The van der Waals surface area contributed by atoms with E-state index in [-0.39, 0.29) is 5.75 Å². The molecule has 0 aliphatic carbocycles. The molecule has 0 heterocycles. The van der Waals surface area contributed by atoms with E-state index in [1.807, 2.05) is 0 Å². The first-order chi connectivity index (χ1) is 12.9. The Morgan fingerprint density at radius 2 is 1.85 bits per heavy atom. The molecule has 2 rings (SSSR count). The first-order valence-corrected chi connectivity index (χ1v) is 8.18. The summed E-state index contributed by atoms with van der Waals surface area (Å²) < 4.78 is 38.4. The number of alkyl halides is 2. The molecule has 6 nitrogen and oxygen atoms in total. The van der Waals surface area contributed by atoms with Crippen LogP contribution in [-0.2, 0) is 11.3 Å². The highest BCUT2D eigenvalue weighted by atomic mass is 32.1. The number of carbonyl (C=O) groups is 1. The van der Waals surface area contributed by atoms with Crippen molar-refractivity contribution in [1.82, 2.24) is 5.32 Å². The molecule has 9 heteroatoms. The highest BCUT2D eigenvalue weighted by Gasteiger charge is 2.13.